The zero-order valence-corrected chi connectivity index (χ0v) is 12.6. The van der Waals surface area contributed by atoms with E-state index in [4.69, 9.17) is 0 Å². The highest BCUT2D eigenvalue weighted by Crippen LogP contribution is 2.30. The van der Waals surface area contributed by atoms with Crippen molar-refractivity contribution >= 4 is 43.5 Å². The third-order valence-electron chi connectivity index (χ3n) is 2.20. The first kappa shape index (κ1) is 14.5. The Hall–Kier alpha value is -0.590. The molecule has 94 valence electrons. The number of halogens is 2. The molecule has 0 aliphatic carbocycles. The van der Waals surface area contributed by atoms with Gasteiger partial charge in [0, 0.05) is 8.95 Å². The number of carbonyl (C=O) groups is 1. The average molecular weight is 367 g/mol. The van der Waals surface area contributed by atoms with Crippen LogP contribution in [0.2, 0.25) is 0 Å². The molecule has 1 atom stereocenters. The predicted octanol–water partition coefficient (Wildman–Crippen LogP) is 2.55. The Morgan fingerprint density at radius 1 is 1.47 bits per heavy atom. The minimum atomic E-state index is -1.57. The summed E-state index contributed by atoms with van der Waals surface area (Å²) in [5.41, 5.74) is -0.791. The molecule has 0 aliphatic rings. The van der Waals surface area contributed by atoms with Crippen molar-refractivity contribution in [1.82, 2.24) is 0 Å². The number of benzene rings is 1. The lowest BCUT2D eigenvalue weighted by Gasteiger charge is -2.22. The molecule has 0 aromatic heterocycles. The quantitative estimate of drug-likeness (QED) is 0.804. The zero-order chi connectivity index (χ0) is 13.1. The molecule has 0 radical (unpaired) electrons. The number of anilines is 1. The van der Waals surface area contributed by atoms with Gasteiger partial charge in [-0.1, -0.05) is 6.07 Å². The summed E-state index contributed by atoms with van der Waals surface area (Å²) in [7, 11) is 1.24. The van der Waals surface area contributed by atoms with Gasteiger partial charge >= 0.3 is 5.97 Å². The minimum Gasteiger partial charge on any atom is -0.467 e. The van der Waals surface area contributed by atoms with Gasteiger partial charge in [0.1, 0.15) is 0 Å². The number of methoxy groups -OCH3 is 1. The summed E-state index contributed by atoms with van der Waals surface area (Å²) in [5.74, 6) is -0.673. The molecular weight excluding hydrogens is 354 g/mol. The van der Waals surface area contributed by atoms with E-state index in [2.05, 4.69) is 41.9 Å². The number of rotatable bonds is 4. The molecule has 6 heteroatoms. The summed E-state index contributed by atoms with van der Waals surface area (Å²) in [6.45, 7) is 1.46. The standard InChI is InChI=1S/C11H13Br2NO3/c1-11(16,10(15)17-2)6-14-9-7(12)4-3-5-8(9)13/h3-5,14,16H,6H2,1-2H3. The molecule has 1 aromatic rings. The smallest absolute Gasteiger partial charge is 0.339 e. The SMILES string of the molecule is COC(=O)C(C)(O)CNc1c(Br)cccc1Br. The van der Waals surface area contributed by atoms with Gasteiger partial charge in [-0.3, -0.25) is 0 Å². The van der Waals surface area contributed by atoms with Crippen molar-refractivity contribution in [2.75, 3.05) is 19.0 Å². The monoisotopic (exact) mass is 365 g/mol. The van der Waals surface area contributed by atoms with E-state index in [9.17, 15) is 9.90 Å². The molecule has 2 N–H and O–H groups in total. The molecule has 0 saturated carbocycles. The van der Waals surface area contributed by atoms with E-state index >= 15 is 0 Å². The molecule has 1 unspecified atom stereocenters. The van der Waals surface area contributed by atoms with Gasteiger partial charge in [-0.2, -0.15) is 0 Å². The van der Waals surface area contributed by atoms with Gasteiger partial charge in [-0.25, -0.2) is 4.79 Å². The molecule has 1 rings (SSSR count). The second-order valence-corrected chi connectivity index (χ2v) is 5.42. The molecule has 1 aromatic carbocycles. The van der Waals surface area contributed by atoms with Crippen molar-refractivity contribution in [3.63, 3.8) is 0 Å². The number of esters is 1. The summed E-state index contributed by atoms with van der Waals surface area (Å²) in [4.78, 5) is 11.3. The van der Waals surface area contributed by atoms with Crippen molar-refractivity contribution in [3.05, 3.63) is 27.1 Å². The Kier molecular flexibility index (Phi) is 4.97. The van der Waals surface area contributed by atoms with E-state index in [0.717, 1.165) is 14.6 Å². The summed E-state index contributed by atoms with van der Waals surface area (Å²) in [5, 5.41) is 12.9. The fraction of sp³-hybridized carbons (Fsp3) is 0.364. The lowest BCUT2D eigenvalue weighted by atomic mass is 10.1. The number of aliphatic hydroxyl groups is 1. The van der Waals surface area contributed by atoms with Gasteiger partial charge in [0.15, 0.2) is 5.60 Å². The second-order valence-electron chi connectivity index (χ2n) is 3.72. The van der Waals surface area contributed by atoms with E-state index in [1.54, 1.807) is 0 Å². The van der Waals surface area contributed by atoms with Crippen LogP contribution in [-0.2, 0) is 9.53 Å². The van der Waals surface area contributed by atoms with Crippen molar-refractivity contribution in [2.24, 2.45) is 0 Å². The minimum absolute atomic E-state index is 0.0564. The van der Waals surface area contributed by atoms with E-state index in [-0.39, 0.29) is 6.54 Å². The van der Waals surface area contributed by atoms with Crippen LogP contribution in [0.3, 0.4) is 0 Å². The number of hydrogen-bond donors (Lipinski definition) is 2. The third kappa shape index (κ3) is 3.69. The molecule has 0 fully saturated rings. The van der Waals surface area contributed by atoms with Crippen LogP contribution in [0.1, 0.15) is 6.92 Å². The predicted molar refractivity (Wildman–Crippen MR) is 73.0 cm³/mol. The van der Waals surface area contributed by atoms with E-state index < -0.39 is 11.6 Å². The molecule has 0 amide bonds. The maximum absolute atomic E-state index is 11.3. The average Bonchev–Trinajstić information content (AvgIpc) is 2.27. The summed E-state index contributed by atoms with van der Waals surface area (Å²) < 4.78 is 6.19. The second kappa shape index (κ2) is 5.84. The van der Waals surface area contributed by atoms with Crippen LogP contribution in [0.5, 0.6) is 0 Å². The van der Waals surface area contributed by atoms with Gasteiger partial charge in [0.2, 0.25) is 0 Å². The fourth-order valence-corrected chi connectivity index (χ4v) is 2.50. The highest BCUT2D eigenvalue weighted by molar-refractivity contribution is 9.11. The first-order valence-electron chi connectivity index (χ1n) is 4.87. The highest BCUT2D eigenvalue weighted by Gasteiger charge is 2.31. The van der Waals surface area contributed by atoms with E-state index in [0.29, 0.717) is 0 Å². The van der Waals surface area contributed by atoms with Crippen LogP contribution < -0.4 is 5.32 Å². The maximum Gasteiger partial charge on any atom is 0.339 e. The number of ether oxygens (including phenoxy) is 1. The van der Waals surface area contributed by atoms with Crippen LogP contribution in [-0.4, -0.2) is 30.3 Å². The lowest BCUT2D eigenvalue weighted by Crippen LogP contribution is -2.42. The number of nitrogens with one attached hydrogen (secondary N) is 1. The van der Waals surface area contributed by atoms with Gasteiger partial charge in [-0.05, 0) is 50.9 Å². The number of hydrogen-bond acceptors (Lipinski definition) is 4. The molecule has 4 nitrogen and oxygen atoms in total. The van der Waals surface area contributed by atoms with Crippen molar-refractivity contribution in [3.8, 4) is 0 Å². The Morgan fingerprint density at radius 2 is 2.00 bits per heavy atom. The summed E-state index contributed by atoms with van der Waals surface area (Å²) in [6, 6.07) is 5.59. The van der Waals surface area contributed by atoms with Crippen molar-refractivity contribution in [1.29, 1.82) is 0 Å². The Morgan fingerprint density at radius 3 is 2.47 bits per heavy atom. The van der Waals surface area contributed by atoms with Crippen LogP contribution in [0.25, 0.3) is 0 Å². The third-order valence-corrected chi connectivity index (χ3v) is 3.52. The molecule has 0 aliphatic heterocycles. The molecule has 0 heterocycles. The largest absolute Gasteiger partial charge is 0.467 e. The van der Waals surface area contributed by atoms with E-state index in [1.165, 1.54) is 14.0 Å². The Bertz CT molecular complexity index is 401. The maximum atomic E-state index is 11.3. The summed E-state index contributed by atoms with van der Waals surface area (Å²) in [6.07, 6.45) is 0. The topological polar surface area (TPSA) is 58.6 Å². The first-order valence-corrected chi connectivity index (χ1v) is 6.46. The Balaban J connectivity index is 2.77. The fourth-order valence-electron chi connectivity index (χ4n) is 1.22. The first-order chi connectivity index (χ1) is 7.88. The highest BCUT2D eigenvalue weighted by atomic mass is 79.9. The van der Waals surface area contributed by atoms with Crippen LogP contribution in [0.15, 0.2) is 27.1 Å². The molecule has 0 bridgehead atoms. The van der Waals surface area contributed by atoms with Gasteiger partial charge in [0.05, 0.1) is 19.3 Å². The van der Waals surface area contributed by atoms with Gasteiger partial charge < -0.3 is 15.2 Å². The molecular formula is C11H13Br2NO3. The van der Waals surface area contributed by atoms with Crippen LogP contribution in [0.4, 0.5) is 5.69 Å². The number of para-hydroxylation sites is 1. The number of carbonyl (C=O) groups excluding carboxylic acids is 1. The van der Waals surface area contributed by atoms with Crippen molar-refractivity contribution < 1.29 is 14.6 Å². The molecule has 17 heavy (non-hydrogen) atoms. The van der Waals surface area contributed by atoms with Crippen molar-refractivity contribution in [2.45, 2.75) is 12.5 Å². The Labute approximate surface area is 117 Å². The van der Waals surface area contributed by atoms with Gasteiger partial charge in [-0.15, -0.1) is 0 Å². The molecule has 0 spiro atoms. The molecule has 0 saturated heterocycles. The van der Waals surface area contributed by atoms with E-state index in [1.807, 2.05) is 18.2 Å². The lowest BCUT2D eigenvalue weighted by molar-refractivity contribution is -0.158. The van der Waals surface area contributed by atoms with Gasteiger partial charge in [0.25, 0.3) is 0 Å². The normalized spacial score (nSPS) is 13.9. The van der Waals surface area contributed by atoms with Crippen LogP contribution >= 0.6 is 31.9 Å². The summed E-state index contributed by atoms with van der Waals surface area (Å²) >= 11 is 6.76. The zero-order valence-electron chi connectivity index (χ0n) is 9.46. The van der Waals surface area contributed by atoms with Crippen LogP contribution in [0, 0.1) is 0 Å².